The van der Waals surface area contributed by atoms with E-state index in [2.05, 4.69) is 46.9 Å². The van der Waals surface area contributed by atoms with Gasteiger partial charge in [-0.1, -0.05) is 31.7 Å². The molecule has 3 heterocycles. The minimum atomic E-state index is 0.388. The highest BCUT2D eigenvalue weighted by molar-refractivity contribution is 5.61. The fraction of sp³-hybridized carbons (Fsp3) is 0.467. The molecule has 7 nitrogen and oxygen atoms in total. The van der Waals surface area contributed by atoms with Crippen molar-refractivity contribution in [2.24, 2.45) is 5.92 Å². The predicted molar refractivity (Wildman–Crippen MR) is 148 cm³/mol. The first kappa shape index (κ1) is 27.0. The van der Waals surface area contributed by atoms with Gasteiger partial charge in [0, 0.05) is 42.8 Å². The minimum Gasteiger partial charge on any atom is -0.492 e. The van der Waals surface area contributed by atoms with Crippen molar-refractivity contribution < 1.29 is 14.2 Å². The lowest BCUT2D eigenvalue weighted by Crippen LogP contribution is -2.24. The molecule has 7 heteroatoms. The Bertz CT molecular complexity index is 1090. The number of benzene rings is 1. The highest BCUT2D eigenvalue weighted by atomic mass is 16.5. The van der Waals surface area contributed by atoms with E-state index in [4.69, 9.17) is 19.2 Å². The van der Waals surface area contributed by atoms with Crippen LogP contribution in [0.3, 0.4) is 0 Å². The Hall–Kier alpha value is -3.00. The molecule has 1 unspecified atom stereocenters. The number of fused-ring (bicyclic) bond motifs is 5. The van der Waals surface area contributed by atoms with Gasteiger partial charge >= 0.3 is 0 Å². The maximum Gasteiger partial charge on any atom is 0.227 e. The van der Waals surface area contributed by atoms with Crippen molar-refractivity contribution in [3.8, 4) is 11.3 Å². The van der Waals surface area contributed by atoms with E-state index < -0.39 is 0 Å². The summed E-state index contributed by atoms with van der Waals surface area (Å²) in [5, 5.41) is 3.30. The van der Waals surface area contributed by atoms with Crippen LogP contribution in [0.5, 0.6) is 0 Å². The zero-order valence-corrected chi connectivity index (χ0v) is 22.2. The number of allylic oxidation sites excluding steroid dienone is 3. The summed E-state index contributed by atoms with van der Waals surface area (Å²) in [5.41, 5.74) is 4.76. The van der Waals surface area contributed by atoms with Crippen LogP contribution in [0.15, 0.2) is 72.3 Å². The number of likely N-dealkylation sites (tertiary alicyclic amines) is 1. The summed E-state index contributed by atoms with van der Waals surface area (Å²) in [6.45, 7) is 14.6. The average molecular weight is 505 g/mol. The number of anilines is 1. The lowest BCUT2D eigenvalue weighted by molar-refractivity contribution is 0.0764. The normalized spacial score (nSPS) is 23.3. The highest BCUT2D eigenvalue weighted by Crippen LogP contribution is 2.21. The van der Waals surface area contributed by atoms with Crippen LogP contribution in [0, 0.1) is 5.92 Å². The Morgan fingerprint density at radius 2 is 2.00 bits per heavy atom. The average Bonchev–Trinajstić information content (AvgIpc) is 3.42. The van der Waals surface area contributed by atoms with Gasteiger partial charge in [0.1, 0.15) is 12.4 Å². The molecule has 0 amide bonds. The molecule has 0 aliphatic carbocycles. The van der Waals surface area contributed by atoms with Crippen LogP contribution in [0.25, 0.3) is 11.3 Å². The molecule has 4 rings (SSSR count). The topological polar surface area (TPSA) is 68.7 Å². The van der Waals surface area contributed by atoms with Gasteiger partial charge in [-0.05, 0) is 75.0 Å². The van der Waals surface area contributed by atoms with Crippen molar-refractivity contribution in [3.05, 3.63) is 77.9 Å². The number of rotatable bonds is 4. The molecule has 2 aromatic rings. The zero-order chi connectivity index (χ0) is 25.9. The molecule has 1 saturated heterocycles. The van der Waals surface area contributed by atoms with Gasteiger partial charge in [0.25, 0.3) is 0 Å². The summed E-state index contributed by atoms with van der Waals surface area (Å²) in [5.74, 6) is 1.68. The van der Waals surface area contributed by atoms with E-state index in [-0.39, 0.29) is 0 Å². The maximum atomic E-state index is 6.19. The number of aromatic nitrogens is 2. The van der Waals surface area contributed by atoms with Gasteiger partial charge in [-0.25, -0.2) is 9.97 Å². The van der Waals surface area contributed by atoms with E-state index in [1.165, 1.54) is 12.8 Å². The Balaban J connectivity index is 1.52. The van der Waals surface area contributed by atoms with Gasteiger partial charge in [-0.15, -0.1) is 0 Å². The van der Waals surface area contributed by atoms with Crippen LogP contribution < -0.4 is 5.32 Å². The van der Waals surface area contributed by atoms with Crippen molar-refractivity contribution in [2.45, 2.75) is 39.7 Å². The quantitative estimate of drug-likeness (QED) is 0.583. The first-order valence-electron chi connectivity index (χ1n) is 13.3. The third-order valence-corrected chi connectivity index (χ3v) is 6.59. The van der Waals surface area contributed by atoms with Crippen molar-refractivity contribution in [3.63, 3.8) is 0 Å². The molecule has 1 aromatic heterocycles. The molecule has 2 aliphatic rings. The van der Waals surface area contributed by atoms with Crippen LogP contribution >= 0.6 is 0 Å². The molecular formula is C30H40N4O3. The lowest BCUT2D eigenvalue weighted by Gasteiger charge is -2.18. The molecule has 0 saturated carbocycles. The molecule has 1 N–H and O–H groups in total. The van der Waals surface area contributed by atoms with E-state index in [0.717, 1.165) is 59.9 Å². The maximum absolute atomic E-state index is 6.19. The first-order chi connectivity index (χ1) is 18.1. The Labute approximate surface area is 221 Å². The molecule has 4 bridgehead atoms. The number of hydrogen-bond donors (Lipinski definition) is 1. The third-order valence-electron chi connectivity index (χ3n) is 6.59. The van der Waals surface area contributed by atoms with E-state index in [9.17, 15) is 0 Å². The van der Waals surface area contributed by atoms with Gasteiger partial charge < -0.3 is 19.5 Å². The Kier molecular flexibility index (Phi) is 10.3. The van der Waals surface area contributed by atoms with Gasteiger partial charge in [-0.2, -0.15) is 0 Å². The molecule has 37 heavy (non-hydrogen) atoms. The summed E-state index contributed by atoms with van der Waals surface area (Å²) in [6.07, 6.45) is 9.19. The molecular weight excluding hydrogens is 464 g/mol. The third kappa shape index (κ3) is 8.81. The van der Waals surface area contributed by atoms with Crippen molar-refractivity contribution in [1.29, 1.82) is 0 Å². The van der Waals surface area contributed by atoms with Crippen molar-refractivity contribution >= 4 is 5.95 Å². The van der Waals surface area contributed by atoms with Gasteiger partial charge in [0.2, 0.25) is 5.95 Å². The second-order valence-corrected chi connectivity index (χ2v) is 9.93. The molecule has 1 aromatic carbocycles. The predicted octanol–water partition coefficient (Wildman–Crippen LogP) is 5.58. The summed E-state index contributed by atoms with van der Waals surface area (Å²) in [6, 6.07) is 10.2. The molecule has 1 fully saturated rings. The van der Waals surface area contributed by atoms with Crippen molar-refractivity contribution in [1.82, 2.24) is 14.9 Å². The molecule has 1 atom stereocenters. The fourth-order valence-electron chi connectivity index (χ4n) is 4.39. The van der Waals surface area contributed by atoms with Gasteiger partial charge in [0.15, 0.2) is 0 Å². The van der Waals surface area contributed by atoms with E-state index in [1.54, 1.807) is 6.20 Å². The summed E-state index contributed by atoms with van der Waals surface area (Å²) >= 11 is 0. The smallest absolute Gasteiger partial charge is 0.227 e. The number of nitrogens with zero attached hydrogens (tertiary/aromatic N) is 3. The van der Waals surface area contributed by atoms with Gasteiger partial charge in [-0.3, -0.25) is 4.90 Å². The summed E-state index contributed by atoms with van der Waals surface area (Å²) in [7, 11) is 0. The van der Waals surface area contributed by atoms with Crippen LogP contribution in [0.1, 0.15) is 38.7 Å². The van der Waals surface area contributed by atoms with E-state index in [0.29, 0.717) is 44.9 Å². The number of hydrogen-bond acceptors (Lipinski definition) is 7. The van der Waals surface area contributed by atoms with E-state index in [1.807, 2.05) is 31.2 Å². The zero-order valence-electron chi connectivity index (χ0n) is 22.2. The van der Waals surface area contributed by atoms with Crippen LogP contribution in [-0.4, -0.2) is 60.9 Å². The molecule has 2 aliphatic heterocycles. The SMILES string of the molecule is C=C1COCC(C)CCOCc2cccc(c2)-c2ccnc(n2)N/C(C)=C/C=C\1OCCN1CCCC1. The number of nitrogens with one attached hydrogen (secondary N) is 1. The largest absolute Gasteiger partial charge is 0.492 e. The summed E-state index contributed by atoms with van der Waals surface area (Å²) in [4.78, 5) is 11.6. The second-order valence-electron chi connectivity index (χ2n) is 9.93. The second kappa shape index (κ2) is 14.1. The summed E-state index contributed by atoms with van der Waals surface area (Å²) < 4.78 is 18.1. The Morgan fingerprint density at radius 1 is 1.14 bits per heavy atom. The minimum absolute atomic E-state index is 0.388. The Morgan fingerprint density at radius 3 is 2.86 bits per heavy atom. The van der Waals surface area contributed by atoms with Crippen LogP contribution in [-0.2, 0) is 20.8 Å². The standard InChI is InChI=1S/C30H40N4O3/c1-23-12-17-35-22-26-7-6-8-27(19-26)28-11-13-31-30(33-28)32-25(3)9-10-29(24(2)21-36-20-23)37-18-16-34-14-4-5-15-34/h6-11,13,19,23H,2,4-5,12,14-18,20-22H2,1,3H3,(H,31,32,33)/b25-9+,29-10+. The molecule has 0 radical (unpaired) electrons. The van der Waals surface area contributed by atoms with Crippen LogP contribution in [0.4, 0.5) is 5.95 Å². The molecule has 0 spiro atoms. The number of ether oxygens (including phenoxy) is 3. The molecule has 198 valence electrons. The fourth-order valence-corrected chi connectivity index (χ4v) is 4.39. The van der Waals surface area contributed by atoms with E-state index >= 15 is 0 Å². The van der Waals surface area contributed by atoms with Crippen LogP contribution in [0.2, 0.25) is 0 Å². The highest BCUT2D eigenvalue weighted by Gasteiger charge is 2.13. The lowest BCUT2D eigenvalue weighted by atomic mass is 10.1. The first-order valence-corrected chi connectivity index (χ1v) is 13.3. The van der Waals surface area contributed by atoms with Crippen molar-refractivity contribution in [2.75, 3.05) is 51.4 Å². The van der Waals surface area contributed by atoms with Gasteiger partial charge in [0.05, 0.1) is 18.9 Å². The monoisotopic (exact) mass is 504 g/mol.